The van der Waals surface area contributed by atoms with Crippen molar-refractivity contribution in [2.24, 2.45) is 10.9 Å². The highest BCUT2D eigenvalue weighted by atomic mass is 19.1. The highest BCUT2D eigenvalue weighted by molar-refractivity contribution is 6.01. The summed E-state index contributed by atoms with van der Waals surface area (Å²) in [5.41, 5.74) is 6.85. The lowest BCUT2D eigenvalue weighted by Gasteiger charge is -2.20. The van der Waals surface area contributed by atoms with Crippen LogP contribution < -0.4 is 10.6 Å². The summed E-state index contributed by atoms with van der Waals surface area (Å²) in [5, 5.41) is 11.7. The van der Waals surface area contributed by atoms with E-state index in [-0.39, 0.29) is 11.7 Å². The van der Waals surface area contributed by atoms with E-state index in [0.717, 1.165) is 5.69 Å². The summed E-state index contributed by atoms with van der Waals surface area (Å²) in [6, 6.07) is 9.35. The van der Waals surface area contributed by atoms with Crippen molar-refractivity contribution in [3.05, 3.63) is 54.0 Å². The lowest BCUT2D eigenvalue weighted by atomic mass is 10.2. The normalized spacial score (nSPS) is 11.4. The third-order valence-corrected chi connectivity index (χ3v) is 2.70. The molecule has 0 aliphatic carbocycles. The molecule has 2 rings (SSSR count). The zero-order valence-electron chi connectivity index (χ0n) is 10.3. The van der Waals surface area contributed by atoms with E-state index in [4.69, 9.17) is 10.9 Å². The number of pyridine rings is 1. The van der Waals surface area contributed by atoms with Crippen molar-refractivity contribution in [2.75, 3.05) is 11.9 Å². The topological polar surface area (TPSA) is 74.7 Å². The van der Waals surface area contributed by atoms with E-state index < -0.39 is 0 Å². The molecule has 5 nitrogen and oxygen atoms in total. The Morgan fingerprint density at radius 1 is 1.32 bits per heavy atom. The molecule has 0 saturated heterocycles. The Balaban J connectivity index is 2.44. The van der Waals surface area contributed by atoms with Crippen molar-refractivity contribution in [2.45, 2.75) is 0 Å². The van der Waals surface area contributed by atoms with Crippen molar-refractivity contribution in [1.82, 2.24) is 4.98 Å². The van der Waals surface area contributed by atoms with Crippen LogP contribution in [-0.2, 0) is 0 Å². The van der Waals surface area contributed by atoms with Crippen LogP contribution in [0.4, 0.5) is 15.9 Å². The number of anilines is 2. The summed E-state index contributed by atoms with van der Waals surface area (Å²) in [4.78, 5) is 5.94. The van der Waals surface area contributed by atoms with Gasteiger partial charge in [-0.05, 0) is 36.4 Å². The number of amidine groups is 1. The van der Waals surface area contributed by atoms with E-state index in [1.54, 1.807) is 42.4 Å². The van der Waals surface area contributed by atoms with Gasteiger partial charge in [0.1, 0.15) is 11.6 Å². The number of hydrogen-bond acceptors (Lipinski definition) is 4. The van der Waals surface area contributed by atoms with Crippen molar-refractivity contribution in [3.63, 3.8) is 0 Å². The fourth-order valence-electron chi connectivity index (χ4n) is 1.71. The molecule has 0 atom stereocenters. The first-order valence-electron chi connectivity index (χ1n) is 5.55. The molecule has 0 amide bonds. The SMILES string of the molecule is CN(c1ccc(F)cc1)c1ncccc1C(N)=NO. The van der Waals surface area contributed by atoms with E-state index in [1.165, 1.54) is 12.1 Å². The van der Waals surface area contributed by atoms with Gasteiger partial charge in [-0.25, -0.2) is 9.37 Å². The molecule has 0 radical (unpaired) electrons. The van der Waals surface area contributed by atoms with Gasteiger partial charge in [0.25, 0.3) is 0 Å². The van der Waals surface area contributed by atoms with Crippen molar-refractivity contribution in [3.8, 4) is 0 Å². The molecule has 2 aromatic rings. The van der Waals surface area contributed by atoms with Crippen LogP contribution in [-0.4, -0.2) is 23.1 Å². The first-order chi connectivity index (χ1) is 9.13. The summed E-state index contributed by atoms with van der Waals surface area (Å²) in [7, 11) is 1.77. The monoisotopic (exact) mass is 260 g/mol. The molecule has 1 aromatic carbocycles. The first-order valence-corrected chi connectivity index (χ1v) is 5.55. The Kier molecular flexibility index (Phi) is 3.61. The number of nitrogens with two attached hydrogens (primary N) is 1. The Morgan fingerprint density at radius 3 is 2.63 bits per heavy atom. The van der Waals surface area contributed by atoms with Gasteiger partial charge in [0.05, 0.1) is 5.56 Å². The summed E-state index contributed by atoms with van der Waals surface area (Å²) < 4.78 is 12.9. The number of benzene rings is 1. The van der Waals surface area contributed by atoms with Gasteiger partial charge in [0.2, 0.25) is 0 Å². The summed E-state index contributed by atoms with van der Waals surface area (Å²) in [6.45, 7) is 0. The Labute approximate surface area is 109 Å². The molecular formula is C13H13FN4O. The Morgan fingerprint density at radius 2 is 2.00 bits per heavy atom. The molecule has 0 fully saturated rings. The van der Waals surface area contributed by atoms with Crippen LogP contribution in [0.2, 0.25) is 0 Å². The number of nitrogens with zero attached hydrogens (tertiary/aromatic N) is 3. The maximum absolute atomic E-state index is 12.9. The largest absolute Gasteiger partial charge is 0.409 e. The third-order valence-electron chi connectivity index (χ3n) is 2.70. The van der Waals surface area contributed by atoms with Crippen LogP contribution in [0.3, 0.4) is 0 Å². The van der Waals surface area contributed by atoms with Crippen LogP contribution in [0, 0.1) is 5.82 Å². The third kappa shape index (κ3) is 2.62. The van der Waals surface area contributed by atoms with Gasteiger partial charge >= 0.3 is 0 Å². The zero-order chi connectivity index (χ0) is 13.8. The standard InChI is InChI=1S/C13H13FN4O/c1-18(10-6-4-9(14)5-7-10)13-11(12(15)17-19)3-2-8-16-13/h2-8,19H,1H3,(H2,15,17). The first kappa shape index (κ1) is 12.8. The quantitative estimate of drug-likeness (QED) is 0.383. The van der Waals surface area contributed by atoms with Crippen LogP contribution in [0.5, 0.6) is 0 Å². The van der Waals surface area contributed by atoms with Crippen LogP contribution in [0.1, 0.15) is 5.56 Å². The lowest BCUT2D eigenvalue weighted by molar-refractivity contribution is 0.318. The molecule has 0 aliphatic rings. The maximum Gasteiger partial charge on any atom is 0.173 e. The van der Waals surface area contributed by atoms with Crippen molar-refractivity contribution >= 4 is 17.3 Å². The molecule has 0 bridgehead atoms. The van der Waals surface area contributed by atoms with Crippen LogP contribution >= 0.6 is 0 Å². The predicted molar refractivity (Wildman–Crippen MR) is 71.2 cm³/mol. The minimum Gasteiger partial charge on any atom is -0.409 e. The molecule has 0 saturated carbocycles. The zero-order valence-corrected chi connectivity index (χ0v) is 10.3. The van der Waals surface area contributed by atoms with E-state index in [2.05, 4.69) is 10.1 Å². The maximum atomic E-state index is 12.9. The van der Waals surface area contributed by atoms with E-state index >= 15 is 0 Å². The van der Waals surface area contributed by atoms with E-state index in [0.29, 0.717) is 11.4 Å². The molecule has 0 aliphatic heterocycles. The molecule has 6 heteroatoms. The molecular weight excluding hydrogens is 247 g/mol. The lowest BCUT2D eigenvalue weighted by Crippen LogP contribution is -2.20. The molecule has 1 heterocycles. The van der Waals surface area contributed by atoms with Gasteiger partial charge in [0, 0.05) is 18.9 Å². The average molecular weight is 260 g/mol. The highest BCUT2D eigenvalue weighted by Crippen LogP contribution is 2.24. The second-order valence-corrected chi connectivity index (χ2v) is 3.90. The molecule has 19 heavy (non-hydrogen) atoms. The number of hydrogen-bond donors (Lipinski definition) is 2. The second-order valence-electron chi connectivity index (χ2n) is 3.90. The molecule has 98 valence electrons. The molecule has 0 spiro atoms. The number of rotatable bonds is 3. The average Bonchev–Trinajstić information content (AvgIpc) is 2.46. The van der Waals surface area contributed by atoms with Gasteiger partial charge < -0.3 is 15.8 Å². The second kappa shape index (κ2) is 5.34. The van der Waals surface area contributed by atoms with Crippen LogP contribution in [0.25, 0.3) is 0 Å². The minimum absolute atomic E-state index is 0.0305. The van der Waals surface area contributed by atoms with Crippen molar-refractivity contribution < 1.29 is 9.60 Å². The van der Waals surface area contributed by atoms with Gasteiger partial charge in [-0.3, -0.25) is 0 Å². The number of aromatic nitrogens is 1. The number of halogens is 1. The molecule has 3 N–H and O–H groups in total. The Bertz CT molecular complexity index is 598. The molecule has 1 aromatic heterocycles. The van der Waals surface area contributed by atoms with Gasteiger partial charge in [-0.1, -0.05) is 5.16 Å². The van der Waals surface area contributed by atoms with E-state index in [9.17, 15) is 4.39 Å². The highest BCUT2D eigenvalue weighted by Gasteiger charge is 2.13. The van der Waals surface area contributed by atoms with Gasteiger partial charge in [-0.15, -0.1) is 0 Å². The van der Waals surface area contributed by atoms with Crippen molar-refractivity contribution in [1.29, 1.82) is 0 Å². The van der Waals surface area contributed by atoms with Gasteiger partial charge in [-0.2, -0.15) is 0 Å². The summed E-state index contributed by atoms with van der Waals surface area (Å²) in [6.07, 6.45) is 1.60. The fraction of sp³-hybridized carbons (Fsp3) is 0.0769. The van der Waals surface area contributed by atoms with Crippen LogP contribution in [0.15, 0.2) is 47.8 Å². The minimum atomic E-state index is -0.310. The van der Waals surface area contributed by atoms with Gasteiger partial charge in [0.15, 0.2) is 5.84 Å². The number of oxime groups is 1. The molecule has 0 unspecified atom stereocenters. The van der Waals surface area contributed by atoms with E-state index in [1.807, 2.05) is 0 Å². The smallest absolute Gasteiger partial charge is 0.173 e. The Hall–Kier alpha value is -2.63. The predicted octanol–water partition coefficient (Wildman–Crippen LogP) is 2.08. The summed E-state index contributed by atoms with van der Waals surface area (Å²) >= 11 is 0. The fourth-order valence-corrected chi connectivity index (χ4v) is 1.71. The summed E-state index contributed by atoms with van der Waals surface area (Å²) in [5.74, 6) is 0.177.